The van der Waals surface area contributed by atoms with Crippen molar-refractivity contribution in [3.8, 4) is 0 Å². The smallest absolute Gasteiger partial charge is 0.299 e. The van der Waals surface area contributed by atoms with Gasteiger partial charge >= 0.3 is 0 Å². The summed E-state index contributed by atoms with van der Waals surface area (Å²) in [6.07, 6.45) is 0. The quantitative estimate of drug-likeness (QED) is 0.196. The summed E-state index contributed by atoms with van der Waals surface area (Å²) in [6, 6.07) is 29.0. The highest BCUT2D eigenvalue weighted by Gasteiger charge is 2.34. The first-order valence-corrected chi connectivity index (χ1v) is 13.3. The summed E-state index contributed by atoms with van der Waals surface area (Å²) < 4.78 is 0.805. The summed E-state index contributed by atoms with van der Waals surface area (Å²) in [6.45, 7) is 3.99. The fourth-order valence-electron chi connectivity index (χ4n) is 4.48. The molecule has 0 atom stereocenters. The Bertz CT molecular complexity index is 1610. The Hall–Kier alpha value is -4.49. The van der Waals surface area contributed by atoms with Crippen LogP contribution in [0.25, 0.3) is 5.70 Å². The number of hydrogen-bond acceptors (Lipinski definition) is 4. The maximum Gasteiger partial charge on any atom is 0.299 e. The molecule has 0 aliphatic carbocycles. The van der Waals surface area contributed by atoms with Crippen LogP contribution in [0.4, 0.5) is 11.4 Å². The second-order valence-corrected chi connectivity index (χ2v) is 10.3. The van der Waals surface area contributed by atoms with E-state index in [0.717, 1.165) is 21.2 Å². The van der Waals surface area contributed by atoms with E-state index in [4.69, 9.17) is 0 Å². The Morgan fingerprint density at radius 2 is 1.38 bits per heavy atom. The molecule has 0 bridgehead atoms. The lowest BCUT2D eigenvalue weighted by Gasteiger charge is -2.26. The summed E-state index contributed by atoms with van der Waals surface area (Å²) >= 11 is 3.52. The molecule has 1 heterocycles. The zero-order chi connectivity index (χ0) is 27.5. The number of ketones is 1. The average molecular weight is 580 g/mol. The monoisotopic (exact) mass is 579 g/mol. The van der Waals surface area contributed by atoms with E-state index in [1.54, 1.807) is 30.3 Å². The van der Waals surface area contributed by atoms with Crippen LogP contribution in [0, 0.1) is 13.8 Å². The molecule has 0 saturated carbocycles. The van der Waals surface area contributed by atoms with E-state index in [1.165, 1.54) is 4.90 Å². The number of carbonyl (C=O) groups is 3. The van der Waals surface area contributed by atoms with Gasteiger partial charge in [-0.05, 0) is 54.8 Å². The van der Waals surface area contributed by atoms with Gasteiger partial charge in [0.15, 0.2) is 0 Å². The van der Waals surface area contributed by atoms with Gasteiger partial charge in [-0.1, -0.05) is 88.7 Å². The van der Waals surface area contributed by atoms with Gasteiger partial charge in [0.05, 0.1) is 23.6 Å². The molecule has 0 fully saturated rings. The van der Waals surface area contributed by atoms with E-state index < -0.39 is 17.6 Å². The molecule has 4 aromatic rings. The SMILES string of the molecule is Cc1cc2c(cc1C)NC(c1cccc(Br)c1)=C(N(Cc1ccccc1)C(=O)C(=O)c1ccccc1)C(=O)N2. The summed E-state index contributed by atoms with van der Waals surface area (Å²) in [7, 11) is 0. The molecule has 0 spiro atoms. The molecular weight excluding hydrogens is 554 g/mol. The van der Waals surface area contributed by atoms with Gasteiger partial charge in [0.25, 0.3) is 17.6 Å². The Morgan fingerprint density at radius 1 is 0.769 bits per heavy atom. The molecule has 2 amide bonds. The third-order valence-corrected chi connectivity index (χ3v) is 7.13. The van der Waals surface area contributed by atoms with E-state index in [-0.39, 0.29) is 17.8 Å². The molecule has 39 heavy (non-hydrogen) atoms. The lowest BCUT2D eigenvalue weighted by atomic mass is 10.1. The number of fused-ring (bicyclic) bond motifs is 1. The minimum Gasteiger partial charge on any atom is -0.351 e. The first-order valence-electron chi connectivity index (χ1n) is 12.5. The molecule has 2 N–H and O–H groups in total. The highest BCUT2D eigenvalue weighted by atomic mass is 79.9. The molecule has 7 heteroatoms. The van der Waals surface area contributed by atoms with Crippen LogP contribution in [0.5, 0.6) is 0 Å². The number of rotatable bonds is 6. The minimum atomic E-state index is -0.803. The molecule has 0 aromatic heterocycles. The summed E-state index contributed by atoms with van der Waals surface area (Å²) in [5.74, 6) is -2.00. The van der Waals surface area contributed by atoms with Crippen LogP contribution in [0.15, 0.2) is 107 Å². The van der Waals surface area contributed by atoms with Gasteiger partial charge in [-0.2, -0.15) is 0 Å². The van der Waals surface area contributed by atoms with Crippen LogP contribution in [-0.2, 0) is 16.1 Å². The highest BCUT2D eigenvalue weighted by molar-refractivity contribution is 9.10. The maximum atomic E-state index is 14.0. The number of nitrogens with zero attached hydrogens (tertiary/aromatic N) is 1. The average Bonchev–Trinajstić information content (AvgIpc) is 3.08. The molecular formula is C32H26BrN3O3. The molecule has 0 radical (unpaired) electrons. The van der Waals surface area contributed by atoms with Crippen molar-refractivity contribution in [3.63, 3.8) is 0 Å². The number of hydrogen-bond donors (Lipinski definition) is 2. The Balaban J connectivity index is 1.72. The fraction of sp³-hybridized carbons (Fsp3) is 0.0938. The van der Waals surface area contributed by atoms with Crippen LogP contribution in [-0.4, -0.2) is 22.5 Å². The number of benzene rings is 4. The van der Waals surface area contributed by atoms with E-state index in [1.807, 2.05) is 80.6 Å². The molecule has 5 rings (SSSR count). The number of amides is 2. The molecule has 1 aliphatic rings. The van der Waals surface area contributed by atoms with E-state index in [0.29, 0.717) is 22.6 Å². The predicted molar refractivity (Wildman–Crippen MR) is 157 cm³/mol. The lowest BCUT2D eigenvalue weighted by Crippen LogP contribution is -2.40. The van der Waals surface area contributed by atoms with E-state index >= 15 is 0 Å². The van der Waals surface area contributed by atoms with E-state index in [9.17, 15) is 14.4 Å². The molecule has 1 aliphatic heterocycles. The molecule has 0 saturated heterocycles. The Labute approximate surface area is 235 Å². The van der Waals surface area contributed by atoms with Gasteiger partial charge < -0.3 is 10.6 Å². The van der Waals surface area contributed by atoms with Crippen LogP contribution < -0.4 is 10.6 Å². The zero-order valence-electron chi connectivity index (χ0n) is 21.5. The topological polar surface area (TPSA) is 78.5 Å². The summed E-state index contributed by atoms with van der Waals surface area (Å²) in [4.78, 5) is 42.7. The zero-order valence-corrected chi connectivity index (χ0v) is 23.1. The van der Waals surface area contributed by atoms with Crippen molar-refractivity contribution in [1.29, 1.82) is 0 Å². The van der Waals surface area contributed by atoms with Crippen molar-refractivity contribution < 1.29 is 14.4 Å². The lowest BCUT2D eigenvalue weighted by molar-refractivity contribution is -0.128. The third-order valence-electron chi connectivity index (χ3n) is 6.64. The summed E-state index contributed by atoms with van der Waals surface area (Å²) in [5.41, 5.74) is 5.52. The van der Waals surface area contributed by atoms with Crippen LogP contribution in [0.2, 0.25) is 0 Å². The molecule has 194 valence electrons. The second-order valence-electron chi connectivity index (χ2n) is 9.37. The third kappa shape index (κ3) is 5.54. The number of anilines is 2. The minimum absolute atomic E-state index is 0.0224. The summed E-state index contributed by atoms with van der Waals surface area (Å²) in [5, 5.41) is 6.40. The van der Waals surface area contributed by atoms with Gasteiger partial charge in [-0.25, -0.2) is 0 Å². The van der Waals surface area contributed by atoms with Gasteiger partial charge in [0.1, 0.15) is 5.70 Å². The highest BCUT2D eigenvalue weighted by Crippen LogP contribution is 2.36. The molecule has 6 nitrogen and oxygen atoms in total. The van der Waals surface area contributed by atoms with Crippen molar-refractivity contribution in [2.45, 2.75) is 20.4 Å². The van der Waals surface area contributed by atoms with Crippen LogP contribution >= 0.6 is 15.9 Å². The predicted octanol–water partition coefficient (Wildman–Crippen LogP) is 6.71. The number of nitrogens with one attached hydrogen (secondary N) is 2. The first kappa shape index (κ1) is 26.1. The Kier molecular flexibility index (Phi) is 7.43. The van der Waals surface area contributed by atoms with Crippen molar-refractivity contribution in [3.05, 3.63) is 135 Å². The van der Waals surface area contributed by atoms with Crippen molar-refractivity contribution >= 4 is 50.6 Å². The van der Waals surface area contributed by atoms with Crippen LogP contribution in [0.1, 0.15) is 32.6 Å². The van der Waals surface area contributed by atoms with Crippen LogP contribution in [0.3, 0.4) is 0 Å². The number of aryl methyl sites for hydroxylation is 2. The van der Waals surface area contributed by atoms with Crippen molar-refractivity contribution in [2.24, 2.45) is 0 Å². The van der Waals surface area contributed by atoms with E-state index in [2.05, 4.69) is 26.6 Å². The van der Waals surface area contributed by atoms with Gasteiger partial charge in [0, 0.05) is 15.6 Å². The normalized spacial score (nSPS) is 12.6. The van der Waals surface area contributed by atoms with Gasteiger partial charge in [-0.3, -0.25) is 19.3 Å². The van der Waals surface area contributed by atoms with Crippen molar-refractivity contribution in [1.82, 2.24) is 4.90 Å². The Morgan fingerprint density at radius 3 is 2.03 bits per heavy atom. The number of carbonyl (C=O) groups excluding carboxylic acids is 3. The fourth-order valence-corrected chi connectivity index (χ4v) is 4.88. The standard InChI is InChI=1S/C32H26BrN3O3/c1-20-16-26-27(17-21(20)2)35-31(38)29(28(34-26)24-14-9-15-25(33)18-24)36(19-22-10-5-3-6-11-22)32(39)30(37)23-12-7-4-8-13-23/h3-18,34H,19H2,1-2H3,(H,35,38). The molecule has 4 aromatic carbocycles. The molecule has 0 unspecified atom stereocenters. The number of halogens is 1. The van der Waals surface area contributed by atoms with Gasteiger partial charge in [0.2, 0.25) is 0 Å². The largest absolute Gasteiger partial charge is 0.351 e. The van der Waals surface area contributed by atoms with Crippen molar-refractivity contribution in [2.75, 3.05) is 10.6 Å². The second kappa shape index (κ2) is 11.1. The van der Waals surface area contributed by atoms with Gasteiger partial charge in [-0.15, -0.1) is 0 Å². The first-order chi connectivity index (χ1) is 18.8. The number of Topliss-reactive ketones (excluding diaryl/α,β-unsaturated/α-hetero) is 1. The maximum absolute atomic E-state index is 14.0.